The lowest BCUT2D eigenvalue weighted by atomic mass is 10.0. The second kappa shape index (κ2) is 3.27. The molecule has 2 N–H and O–H groups in total. The zero-order chi connectivity index (χ0) is 9.42. The highest BCUT2D eigenvalue weighted by atomic mass is 32.2. The predicted octanol–water partition coefficient (Wildman–Crippen LogP) is 2.21. The molecule has 1 nitrogen and oxygen atoms in total. The minimum absolute atomic E-state index is 0.237. The fourth-order valence-electron chi connectivity index (χ4n) is 1.48. The van der Waals surface area contributed by atoms with Crippen LogP contribution in [0.25, 0.3) is 0 Å². The summed E-state index contributed by atoms with van der Waals surface area (Å²) in [6.07, 6.45) is 0. The third-order valence-electron chi connectivity index (χ3n) is 2.14. The Bertz CT molecular complexity index is 341. The molecule has 0 bridgehead atoms. The van der Waals surface area contributed by atoms with Crippen LogP contribution in [0, 0.1) is 11.6 Å². The molecular weight excluding hydrogens is 192 g/mol. The molecule has 1 atom stereocenters. The first kappa shape index (κ1) is 8.97. The predicted molar refractivity (Wildman–Crippen MR) is 49.4 cm³/mol. The average molecular weight is 201 g/mol. The van der Waals surface area contributed by atoms with E-state index < -0.39 is 11.6 Å². The number of rotatable bonds is 0. The molecule has 70 valence electrons. The zero-order valence-electron chi connectivity index (χ0n) is 6.89. The van der Waals surface area contributed by atoms with E-state index in [1.165, 1.54) is 6.07 Å². The van der Waals surface area contributed by atoms with Crippen molar-refractivity contribution in [1.29, 1.82) is 0 Å². The first-order valence-electron chi connectivity index (χ1n) is 3.99. The van der Waals surface area contributed by atoms with Gasteiger partial charge in [-0.05, 0) is 11.6 Å². The summed E-state index contributed by atoms with van der Waals surface area (Å²) in [6, 6.07) is 2.01. The fraction of sp³-hybridized carbons (Fsp3) is 0.333. The van der Waals surface area contributed by atoms with Crippen molar-refractivity contribution < 1.29 is 8.78 Å². The van der Waals surface area contributed by atoms with Gasteiger partial charge in [-0.3, -0.25) is 0 Å². The van der Waals surface area contributed by atoms with Crippen molar-refractivity contribution in [2.24, 2.45) is 5.73 Å². The number of benzene rings is 1. The second-order valence-electron chi connectivity index (χ2n) is 3.08. The first-order chi connectivity index (χ1) is 6.18. The van der Waals surface area contributed by atoms with Crippen LogP contribution in [0.5, 0.6) is 0 Å². The summed E-state index contributed by atoms with van der Waals surface area (Å²) >= 11 is 1.58. The topological polar surface area (TPSA) is 26.0 Å². The van der Waals surface area contributed by atoms with Gasteiger partial charge in [0, 0.05) is 29.2 Å². The van der Waals surface area contributed by atoms with Crippen LogP contribution < -0.4 is 5.73 Å². The van der Waals surface area contributed by atoms with Gasteiger partial charge in [-0.1, -0.05) is 0 Å². The molecule has 4 heteroatoms. The molecule has 1 aliphatic rings. The Kier molecular flexibility index (Phi) is 2.26. The van der Waals surface area contributed by atoms with Gasteiger partial charge >= 0.3 is 0 Å². The highest BCUT2D eigenvalue weighted by Crippen LogP contribution is 2.32. The van der Waals surface area contributed by atoms with E-state index in [2.05, 4.69) is 0 Å². The third-order valence-corrected chi connectivity index (χ3v) is 3.23. The van der Waals surface area contributed by atoms with Gasteiger partial charge in [0.25, 0.3) is 0 Å². The Morgan fingerprint density at radius 1 is 1.38 bits per heavy atom. The van der Waals surface area contributed by atoms with E-state index in [0.29, 0.717) is 16.9 Å². The number of hydrogen-bond acceptors (Lipinski definition) is 2. The Balaban J connectivity index is 2.56. The second-order valence-corrected chi connectivity index (χ2v) is 4.11. The van der Waals surface area contributed by atoms with Gasteiger partial charge < -0.3 is 5.73 Å². The molecule has 0 amide bonds. The molecule has 1 unspecified atom stereocenters. The smallest absolute Gasteiger partial charge is 0.130 e. The standard InChI is InChI=1S/C9H9F2NS/c10-5-1-6-7(8(11)2-5)3-13-4-9(6)12/h1-2,9H,3-4,12H2. The summed E-state index contributed by atoms with van der Waals surface area (Å²) in [4.78, 5) is 0. The average Bonchev–Trinajstić information content (AvgIpc) is 2.07. The van der Waals surface area contributed by atoms with Crippen molar-refractivity contribution in [3.63, 3.8) is 0 Å². The Morgan fingerprint density at radius 2 is 2.15 bits per heavy atom. The highest BCUT2D eigenvalue weighted by molar-refractivity contribution is 7.98. The number of nitrogens with two attached hydrogens (primary N) is 1. The van der Waals surface area contributed by atoms with Crippen molar-refractivity contribution in [3.05, 3.63) is 34.9 Å². The minimum atomic E-state index is -0.543. The summed E-state index contributed by atoms with van der Waals surface area (Å²) in [5.41, 5.74) is 6.91. The van der Waals surface area contributed by atoms with E-state index >= 15 is 0 Å². The summed E-state index contributed by atoms with van der Waals surface area (Å²) in [5.74, 6) is 0.307. The molecule has 0 spiro atoms. The SMILES string of the molecule is NC1CSCc2c(F)cc(F)cc21. The molecule has 0 aliphatic carbocycles. The summed E-state index contributed by atoms with van der Waals surface area (Å²) in [5, 5.41) is 0. The van der Waals surface area contributed by atoms with Gasteiger partial charge in [0.05, 0.1) is 0 Å². The molecule has 1 aliphatic heterocycles. The van der Waals surface area contributed by atoms with Crippen molar-refractivity contribution in [2.45, 2.75) is 11.8 Å². The van der Waals surface area contributed by atoms with Crippen molar-refractivity contribution in [2.75, 3.05) is 5.75 Å². The summed E-state index contributed by atoms with van der Waals surface area (Å²) < 4.78 is 26.0. The number of fused-ring (bicyclic) bond motifs is 1. The maximum atomic E-state index is 13.2. The van der Waals surface area contributed by atoms with E-state index in [1.54, 1.807) is 11.8 Å². The third kappa shape index (κ3) is 1.56. The van der Waals surface area contributed by atoms with Crippen LogP contribution in [-0.2, 0) is 5.75 Å². The Hall–Kier alpha value is -0.610. The van der Waals surface area contributed by atoms with Gasteiger partial charge in [-0.15, -0.1) is 0 Å². The van der Waals surface area contributed by atoms with Gasteiger partial charge in [0.15, 0.2) is 0 Å². The van der Waals surface area contributed by atoms with Crippen LogP contribution in [0.4, 0.5) is 8.78 Å². The lowest BCUT2D eigenvalue weighted by molar-refractivity contribution is 0.566. The number of hydrogen-bond donors (Lipinski definition) is 1. The molecule has 0 saturated carbocycles. The molecule has 0 aromatic heterocycles. The van der Waals surface area contributed by atoms with Crippen molar-refractivity contribution in [1.82, 2.24) is 0 Å². The molecule has 0 saturated heterocycles. The van der Waals surface area contributed by atoms with Gasteiger partial charge in [-0.2, -0.15) is 11.8 Å². The monoisotopic (exact) mass is 201 g/mol. The summed E-state index contributed by atoms with van der Waals surface area (Å²) in [6.45, 7) is 0. The molecular formula is C9H9F2NS. The van der Waals surface area contributed by atoms with Crippen LogP contribution in [0.2, 0.25) is 0 Å². The van der Waals surface area contributed by atoms with Crippen molar-refractivity contribution in [3.8, 4) is 0 Å². The van der Waals surface area contributed by atoms with Crippen LogP contribution >= 0.6 is 11.8 Å². The van der Waals surface area contributed by atoms with Gasteiger partial charge in [0.2, 0.25) is 0 Å². The van der Waals surface area contributed by atoms with Gasteiger partial charge in [0.1, 0.15) is 11.6 Å². The molecule has 1 heterocycles. The largest absolute Gasteiger partial charge is 0.323 e. The quantitative estimate of drug-likeness (QED) is 0.696. The van der Waals surface area contributed by atoms with Crippen LogP contribution in [0.1, 0.15) is 17.2 Å². The molecule has 0 fully saturated rings. The van der Waals surface area contributed by atoms with Crippen LogP contribution in [0.15, 0.2) is 12.1 Å². The lowest BCUT2D eigenvalue weighted by Crippen LogP contribution is -2.20. The Labute approximate surface area is 79.3 Å². The highest BCUT2D eigenvalue weighted by Gasteiger charge is 2.21. The maximum absolute atomic E-state index is 13.2. The molecule has 1 aromatic rings. The van der Waals surface area contributed by atoms with E-state index in [1.807, 2.05) is 0 Å². The van der Waals surface area contributed by atoms with Crippen molar-refractivity contribution >= 4 is 11.8 Å². The van der Waals surface area contributed by atoms with Crippen LogP contribution in [-0.4, -0.2) is 5.75 Å². The Morgan fingerprint density at radius 3 is 2.92 bits per heavy atom. The van der Waals surface area contributed by atoms with E-state index in [4.69, 9.17) is 5.73 Å². The number of halogens is 2. The van der Waals surface area contributed by atoms with Crippen LogP contribution in [0.3, 0.4) is 0 Å². The molecule has 2 rings (SSSR count). The fourth-order valence-corrected chi connectivity index (χ4v) is 2.54. The lowest BCUT2D eigenvalue weighted by Gasteiger charge is -2.22. The molecule has 13 heavy (non-hydrogen) atoms. The first-order valence-corrected chi connectivity index (χ1v) is 5.15. The zero-order valence-corrected chi connectivity index (χ0v) is 7.70. The molecule has 0 radical (unpaired) electrons. The minimum Gasteiger partial charge on any atom is -0.323 e. The van der Waals surface area contributed by atoms with E-state index in [9.17, 15) is 8.78 Å². The normalized spacial score (nSPS) is 21.3. The van der Waals surface area contributed by atoms with E-state index in [-0.39, 0.29) is 6.04 Å². The number of thioether (sulfide) groups is 1. The summed E-state index contributed by atoms with van der Waals surface area (Å²) in [7, 11) is 0. The van der Waals surface area contributed by atoms with Gasteiger partial charge in [-0.25, -0.2) is 8.78 Å². The molecule has 1 aromatic carbocycles. The van der Waals surface area contributed by atoms with E-state index in [0.717, 1.165) is 11.8 Å². The maximum Gasteiger partial charge on any atom is 0.130 e.